The van der Waals surface area contributed by atoms with Gasteiger partial charge in [-0.2, -0.15) is 0 Å². The average molecular weight is 500 g/mol. The van der Waals surface area contributed by atoms with Crippen LogP contribution in [0.4, 0.5) is 11.4 Å². The first kappa shape index (κ1) is 25.6. The number of nitrogens with zero attached hydrogens (tertiary/aromatic N) is 3. The third kappa shape index (κ3) is 5.68. The summed E-state index contributed by atoms with van der Waals surface area (Å²) < 4.78 is 4.80. The van der Waals surface area contributed by atoms with Crippen molar-refractivity contribution < 1.29 is 19.1 Å². The van der Waals surface area contributed by atoms with Gasteiger partial charge < -0.3 is 25.2 Å². The Balaban J connectivity index is 1.67. The highest BCUT2D eigenvalue weighted by atomic mass is 16.5. The molecule has 9 heteroatoms. The maximum absolute atomic E-state index is 13.1. The summed E-state index contributed by atoms with van der Waals surface area (Å²) >= 11 is 0. The lowest BCUT2D eigenvalue weighted by Crippen LogP contribution is -2.33. The fourth-order valence-electron chi connectivity index (χ4n) is 3.97. The van der Waals surface area contributed by atoms with Crippen molar-refractivity contribution in [3.63, 3.8) is 0 Å². The monoisotopic (exact) mass is 499 g/mol. The molecule has 0 fully saturated rings. The van der Waals surface area contributed by atoms with E-state index in [1.54, 1.807) is 72.9 Å². The molecule has 0 saturated carbocycles. The Morgan fingerprint density at radius 1 is 0.973 bits per heavy atom. The standard InChI is InChI=1S/C28H29N5O4/c1-32(2)14-15-33(3)27(35)18-7-10-21(11-8-18)30-25(20-6-5-13-29-17-20)24-22-12-9-19(28(36)37-4)16-23(22)31-26(24)34/h5-13,16-17,30H,14-15H2,1-4H3,(H,31,34)/b25-24-. The number of esters is 1. The van der Waals surface area contributed by atoms with E-state index in [2.05, 4.69) is 15.6 Å². The molecular formula is C28H29N5O4. The van der Waals surface area contributed by atoms with Gasteiger partial charge in [0, 0.05) is 54.9 Å². The number of nitrogens with one attached hydrogen (secondary N) is 2. The van der Waals surface area contributed by atoms with Crippen LogP contribution >= 0.6 is 0 Å². The van der Waals surface area contributed by atoms with Gasteiger partial charge in [0.05, 0.1) is 29.6 Å². The Morgan fingerprint density at radius 2 is 1.70 bits per heavy atom. The van der Waals surface area contributed by atoms with Crippen LogP contribution in [0.2, 0.25) is 0 Å². The topological polar surface area (TPSA) is 104 Å². The van der Waals surface area contributed by atoms with Crippen molar-refractivity contribution in [2.75, 3.05) is 52.0 Å². The average Bonchev–Trinajstić information content (AvgIpc) is 3.24. The fraction of sp³-hybridized carbons (Fsp3) is 0.214. The Kier molecular flexibility index (Phi) is 7.64. The number of pyridine rings is 1. The highest BCUT2D eigenvalue weighted by molar-refractivity contribution is 6.37. The number of aromatic nitrogens is 1. The van der Waals surface area contributed by atoms with Gasteiger partial charge in [-0.15, -0.1) is 0 Å². The number of hydrogen-bond donors (Lipinski definition) is 2. The molecule has 0 radical (unpaired) electrons. The number of amides is 2. The van der Waals surface area contributed by atoms with Crippen molar-refractivity contribution >= 4 is 40.4 Å². The van der Waals surface area contributed by atoms with Crippen LogP contribution in [-0.4, -0.2) is 73.9 Å². The predicted octanol–water partition coefficient (Wildman–Crippen LogP) is 3.43. The van der Waals surface area contributed by atoms with Gasteiger partial charge in [-0.3, -0.25) is 14.6 Å². The van der Waals surface area contributed by atoms with Crippen molar-refractivity contribution in [1.29, 1.82) is 0 Å². The number of carbonyl (C=O) groups excluding carboxylic acids is 3. The zero-order valence-corrected chi connectivity index (χ0v) is 21.2. The van der Waals surface area contributed by atoms with E-state index < -0.39 is 5.97 Å². The van der Waals surface area contributed by atoms with Crippen LogP contribution < -0.4 is 10.6 Å². The number of methoxy groups -OCH3 is 1. The maximum atomic E-state index is 13.1. The van der Waals surface area contributed by atoms with Crippen LogP contribution in [0.1, 0.15) is 31.8 Å². The molecule has 1 aliphatic heterocycles. The zero-order valence-electron chi connectivity index (χ0n) is 21.2. The summed E-state index contributed by atoms with van der Waals surface area (Å²) in [7, 11) is 7.03. The number of ether oxygens (including phenoxy) is 1. The Morgan fingerprint density at radius 3 is 2.35 bits per heavy atom. The van der Waals surface area contributed by atoms with Crippen LogP contribution in [0.3, 0.4) is 0 Å². The maximum Gasteiger partial charge on any atom is 0.337 e. The van der Waals surface area contributed by atoms with Crippen LogP contribution in [0.15, 0.2) is 67.0 Å². The Bertz CT molecular complexity index is 1350. The van der Waals surface area contributed by atoms with Crippen molar-refractivity contribution in [1.82, 2.24) is 14.8 Å². The van der Waals surface area contributed by atoms with Crippen molar-refractivity contribution in [3.05, 3.63) is 89.2 Å². The summed E-state index contributed by atoms with van der Waals surface area (Å²) in [5.74, 6) is -0.857. The minimum Gasteiger partial charge on any atom is -0.465 e. The number of rotatable bonds is 8. The highest BCUT2D eigenvalue weighted by Crippen LogP contribution is 2.38. The van der Waals surface area contributed by atoms with E-state index >= 15 is 0 Å². The van der Waals surface area contributed by atoms with Gasteiger partial charge in [0.25, 0.3) is 11.8 Å². The zero-order chi connectivity index (χ0) is 26.5. The largest absolute Gasteiger partial charge is 0.465 e. The lowest BCUT2D eigenvalue weighted by Gasteiger charge is -2.20. The summed E-state index contributed by atoms with van der Waals surface area (Å²) in [6, 6.07) is 15.7. The van der Waals surface area contributed by atoms with Crippen molar-refractivity contribution in [2.45, 2.75) is 0 Å². The number of likely N-dealkylation sites (N-methyl/N-ethyl adjacent to an activating group) is 2. The van der Waals surface area contributed by atoms with Gasteiger partial charge >= 0.3 is 5.97 Å². The van der Waals surface area contributed by atoms with E-state index in [0.717, 1.165) is 6.54 Å². The smallest absolute Gasteiger partial charge is 0.337 e. The van der Waals surface area contributed by atoms with E-state index in [1.165, 1.54) is 7.11 Å². The molecule has 1 aromatic heterocycles. The molecule has 4 rings (SSSR count). The SMILES string of the molecule is COC(=O)c1ccc2c(c1)NC(=O)/C2=C(\Nc1ccc(C(=O)N(C)CCN(C)C)cc1)c1cccnc1. The van der Waals surface area contributed by atoms with Crippen molar-refractivity contribution in [3.8, 4) is 0 Å². The second-order valence-electron chi connectivity index (χ2n) is 8.93. The molecule has 9 nitrogen and oxygen atoms in total. The molecule has 2 N–H and O–H groups in total. The molecule has 2 heterocycles. The van der Waals surface area contributed by atoms with Crippen molar-refractivity contribution in [2.24, 2.45) is 0 Å². The molecule has 190 valence electrons. The molecule has 0 atom stereocenters. The number of anilines is 2. The van der Waals surface area contributed by atoms with E-state index in [0.29, 0.717) is 51.4 Å². The van der Waals surface area contributed by atoms with E-state index in [9.17, 15) is 14.4 Å². The first-order valence-corrected chi connectivity index (χ1v) is 11.7. The molecule has 1 aliphatic rings. The first-order chi connectivity index (χ1) is 17.8. The second-order valence-corrected chi connectivity index (χ2v) is 8.93. The number of benzene rings is 2. The molecule has 2 amide bonds. The Hall–Kier alpha value is -4.50. The molecular weight excluding hydrogens is 470 g/mol. The van der Waals surface area contributed by atoms with Gasteiger partial charge in [-0.25, -0.2) is 4.79 Å². The van der Waals surface area contributed by atoms with Gasteiger partial charge in [0.2, 0.25) is 0 Å². The van der Waals surface area contributed by atoms with Gasteiger partial charge in [-0.1, -0.05) is 6.07 Å². The van der Waals surface area contributed by atoms with Crippen LogP contribution in [0, 0.1) is 0 Å². The van der Waals surface area contributed by atoms with E-state index in [-0.39, 0.29) is 11.8 Å². The lowest BCUT2D eigenvalue weighted by atomic mass is 9.99. The molecule has 0 unspecified atom stereocenters. The number of fused-ring (bicyclic) bond motifs is 1. The normalized spacial score (nSPS) is 13.6. The van der Waals surface area contributed by atoms with Gasteiger partial charge in [0.1, 0.15) is 0 Å². The summed E-state index contributed by atoms with van der Waals surface area (Å²) in [6.07, 6.45) is 3.32. The summed E-state index contributed by atoms with van der Waals surface area (Å²) in [4.78, 5) is 45.8. The molecule has 0 aliphatic carbocycles. The fourth-order valence-corrected chi connectivity index (χ4v) is 3.97. The second kappa shape index (κ2) is 11.0. The van der Waals surface area contributed by atoms with Gasteiger partial charge in [0.15, 0.2) is 0 Å². The first-order valence-electron chi connectivity index (χ1n) is 11.7. The summed E-state index contributed by atoms with van der Waals surface area (Å²) in [6.45, 7) is 1.39. The molecule has 0 saturated heterocycles. The van der Waals surface area contributed by atoms with Crippen LogP contribution in [0.25, 0.3) is 11.3 Å². The predicted molar refractivity (Wildman–Crippen MR) is 143 cm³/mol. The number of hydrogen-bond acceptors (Lipinski definition) is 7. The van der Waals surface area contributed by atoms with E-state index in [1.807, 2.05) is 25.1 Å². The molecule has 3 aromatic rings. The van der Waals surface area contributed by atoms with Gasteiger partial charge in [-0.05, 0) is 62.6 Å². The summed E-state index contributed by atoms with van der Waals surface area (Å²) in [5, 5.41) is 6.19. The van der Waals surface area contributed by atoms with Crippen LogP contribution in [-0.2, 0) is 9.53 Å². The van der Waals surface area contributed by atoms with Crippen LogP contribution in [0.5, 0.6) is 0 Å². The highest BCUT2D eigenvalue weighted by Gasteiger charge is 2.29. The lowest BCUT2D eigenvalue weighted by molar-refractivity contribution is -0.110. The third-order valence-electron chi connectivity index (χ3n) is 6.02. The summed E-state index contributed by atoms with van der Waals surface area (Å²) in [5.41, 5.74) is 4.47. The molecule has 2 aromatic carbocycles. The Labute approximate surface area is 215 Å². The quantitative estimate of drug-likeness (QED) is 0.361. The molecule has 37 heavy (non-hydrogen) atoms. The molecule has 0 spiro atoms. The minimum atomic E-state index is -0.484. The number of carbonyl (C=O) groups is 3. The molecule has 0 bridgehead atoms. The van der Waals surface area contributed by atoms with E-state index in [4.69, 9.17) is 4.74 Å². The third-order valence-corrected chi connectivity index (χ3v) is 6.02. The minimum absolute atomic E-state index is 0.0651.